The lowest BCUT2D eigenvalue weighted by Crippen LogP contribution is -2.31. The van der Waals surface area contributed by atoms with Crippen molar-refractivity contribution >= 4 is 23.0 Å². The fourth-order valence-corrected chi connectivity index (χ4v) is 2.91. The summed E-state index contributed by atoms with van der Waals surface area (Å²) >= 11 is 0. The topological polar surface area (TPSA) is 73.9 Å². The summed E-state index contributed by atoms with van der Waals surface area (Å²) in [5.74, 6) is 1.07. The van der Waals surface area contributed by atoms with Crippen molar-refractivity contribution in [1.29, 1.82) is 0 Å². The Bertz CT molecular complexity index is 773. The van der Waals surface area contributed by atoms with Gasteiger partial charge in [0.25, 0.3) is 0 Å². The summed E-state index contributed by atoms with van der Waals surface area (Å²) in [7, 11) is 3.05. The van der Waals surface area contributed by atoms with Crippen molar-refractivity contribution in [3.05, 3.63) is 35.9 Å². The molecule has 0 saturated carbocycles. The van der Waals surface area contributed by atoms with E-state index in [0.717, 1.165) is 17.1 Å². The molecule has 0 aliphatic carbocycles. The van der Waals surface area contributed by atoms with Crippen LogP contribution in [0.25, 0.3) is 10.8 Å². The summed E-state index contributed by atoms with van der Waals surface area (Å²) in [5.41, 5.74) is 0.494. The lowest BCUT2D eigenvalue weighted by atomic mass is 10.1. The molecule has 2 aromatic carbocycles. The number of rotatable bonds is 6. The highest BCUT2D eigenvalue weighted by Gasteiger charge is 2.32. The van der Waals surface area contributed by atoms with Crippen LogP contribution < -0.4 is 14.8 Å². The van der Waals surface area contributed by atoms with Crippen molar-refractivity contribution in [3.8, 4) is 11.5 Å². The maximum atomic E-state index is 11.7. The minimum atomic E-state index is -0.415. The summed E-state index contributed by atoms with van der Waals surface area (Å²) in [4.78, 5) is 22.8. The fraction of sp³-hybridized carbons (Fsp3) is 0.333. The van der Waals surface area contributed by atoms with Gasteiger partial charge in [-0.25, -0.2) is 0 Å². The molecule has 0 radical (unpaired) electrons. The highest BCUT2D eigenvalue weighted by Crippen LogP contribution is 2.31. The van der Waals surface area contributed by atoms with Gasteiger partial charge in [-0.2, -0.15) is 0 Å². The van der Waals surface area contributed by atoms with Crippen molar-refractivity contribution in [2.24, 2.45) is 0 Å². The highest BCUT2D eigenvalue weighted by atomic mass is 16.5. The molecule has 0 bridgehead atoms. The number of ether oxygens (including phenoxy) is 3. The van der Waals surface area contributed by atoms with Crippen molar-refractivity contribution in [3.63, 3.8) is 0 Å². The molecular formula is C18H19NO5. The Morgan fingerprint density at radius 2 is 2.08 bits per heavy atom. The average molecular weight is 329 g/mol. The van der Waals surface area contributed by atoms with Gasteiger partial charge in [0.15, 0.2) is 6.29 Å². The van der Waals surface area contributed by atoms with Crippen LogP contribution in [0.5, 0.6) is 11.5 Å². The smallest absolute Gasteiger partial charge is 0.249 e. The van der Waals surface area contributed by atoms with Gasteiger partial charge in [-0.05, 0) is 23.6 Å². The fourth-order valence-electron chi connectivity index (χ4n) is 2.91. The Kier molecular flexibility index (Phi) is 4.66. The maximum absolute atomic E-state index is 11.7. The van der Waals surface area contributed by atoms with E-state index in [1.54, 1.807) is 12.1 Å². The molecule has 6 heteroatoms. The average Bonchev–Trinajstić information content (AvgIpc) is 2.98. The highest BCUT2D eigenvalue weighted by molar-refractivity contribution is 5.95. The molecule has 1 amide bonds. The van der Waals surface area contributed by atoms with Gasteiger partial charge in [0.05, 0.1) is 18.7 Å². The second-order valence-corrected chi connectivity index (χ2v) is 5.67. The van der Waals surface area contributed by atoms with Crippen LogP contribution in [-0.2, 0) is 9.53 Å². The molecule has 1 heterocycles. The van der Waals surface area contributed by atoms with Gasteiger partial charge in [0.2, 0.25) is 5.91 Å². The number of hydrogen-bond donors (Lipinski definition) is 1. The Morgan fingerprint density at radius 3 is 2.75 bits per heavy atom. The Hall–Kier alpha value is -2.60. The van der Waals surface area contributed by atoms with Crippen molar-refractivity contribution in [2.75, 3.05) is 20.8 Å². The summed E-state index contributed by atoms with van der Waals surface area (Å²) in [5, 5.41) is 4.60. The second kappa shape index (κ2) is 6.88. The molecule has 126 valence electrons. The van der Waals surface area contributed by atoms with Gasteiger partial charge in [0, 0.05) is 18.9 Å². The van der Waals surface area contributed by atoms with Crippen LogP contribution >= 0.6 is 0 Å². The number of nitrogens with one attached hydrogen (secondary N) is 1. The van der Waals surface area contributed by atoms with E-state index in [9.17, 15) is 9.59 Å². The monoisotopic (exact) mass is 329 g/mol. The molecule has 1 N–H and O–H groups in total. The Labute approximate surface area is 139 Å². The van der Waals surface area contributed by atoms with Crippen LogP contribution in [0.15, 0.2) is 30.3 Å². The number of carbonyl (C=O) groups excluding carboxylic acids is 2. The molecule has 2 aromatic rings. The second-order valence-electron chi connectivity index (χ2n) is 5.67. The normalized spacial score (nSPS) is 20.0. The number of methoxy groups -OCH3 is 2. The molecular weight excluding hydrogens is 310 g/mol. The van der Waals surface area contributed by atoms with E-state index in [4.69, 9.17) is 14.2 Å². The molecule has 1 aliphatic rings. The number of benzene rings is 2. The van der Waals surface area contributed by atoms with Gasteiger partial charge in [-0.15, -0.1) is 0 Å². The zero-order valence-electron chi connectivity index (χ0n) is 13.6. The van der Waals surface area contributed by atoms with Crippen molar-refractivity contribution in [2.45, 2.75) is 18.6 Å². The zero-order chi connectivity index (χ0) is 17.1. The number of hydrogen-bond acceptors (Lipinski definition) is 5. The van der Waals surface area contributed by atoms with E-state index in [2.05, 4.69) is 5.32 Å². The first-order valence-electron chi connectivity index (χ1n) is 7.68. The molecule has 6 nitrogen and oxygen atoms in total. The van der Waals surface area contributed by atoms with Crippen LogP contribution in [0.4, 0.5) is 0 Å². The zero-order valence-corrected chi connectivity index (χ0v) is 13.6. The quantitative estimate of drug-likeness (QED) is 0.820. The lowest BCUT2D eigenvalue weighted by Gasteiger charge is -2.14. The minimum absolute atomic E-state index is 0.0890. The van der Waals surface area contributed by atoms with Crippen molar-refractivity contribution in [1.82, 2.24) is 5.32 Å². The predicted octanol–water partition coefficient (Wildman–Crippen LogP) is 1.94. The van der Waals surface area contributed by atoms with E-state index in [1.165, 1.54) is 14.2 Å². The van der Waals surface area contributed by atoms with Crippen LogP contribution in [0.3, 0.4) is 0 Å². The molecule has 0 spiro atoms. The van der Waals surface area contributed by atoms with E-state index < -0.39 is 6.10 Å². The third-order valence-electron chi connectivity index (χ3n) is 4.18. The molecule has 1 fully saturated rings. The summed E-state index contributed by atoms with van der Waals surface area (Å²) in [6, 6.07) is 9.10. The third kappa shape index (κ3) is 3.05. The Balaban J connectivity index is 1.82. The molecule has 1 aliphatic heterocycles. The van der Waals surface area contributed by atoms with Crippen LogP contribution in [-0.4, -0.2) is 45.2 Å². The molecule has 3 rings (SSSR count). The summed E-state index contributed by atoms with van der Waals surface area (Å²) < 4.78 is 16.3. The first kappa shape index (κ1) is 16.3. The standard InChI is InChI=1S/C18H19NO5/c1-22-16-8-14-11(6-12(16)9-20)4-3-5-15(14)24-10-13-7-17(23-2)18(21)19-13/h3-6,8-9,13,17H,7,10H2,1-2H3,(H,19,21)/t13-,17?/m0/s1. The minimum Gasteiger partial charge on any atom is -0.496 e. The van der Waals surface area contributed by atoms with Gasteiger partial charge < -0.3 is 19.5 Å². The summed E-state index contributed by atoms with van der Waals surface area (Å²) in [6.45, 7) is 0.350. The number of carbonyl (C=O) groups is 2. The Morgan fingerprint density at radius 1 is 1.25 bits per heavy atom. The van der Waals surface area contributed by atoms with Gasteiger partial charge in [0.1, 0.15) is 24.2 Å². The number of amides is 1. The van der Waals surface area contributed by atoms with E-state index >= 15 is 0 Å². The first-order valence-corrected chi connectivity index (χ1v) is 7.68. The van der Waals surface area contributed by atoms with E-state index in [0.29, 0.717) is 30.1 Å². The predicted molar refractivity (Wildman–Crippen MR) is 88.7 cm³/mol. The number of fused-ring (bicyclic) bond motifs is 1. The summed E-state index contributed by atoms with van der Waals surface area (Å²) in [6.07, 6.45) is 0.935. The lowest BCUT2D eigenvalue weighted by molar-refractivity contribution is -0.127. The number of aldehydes is 1. The van der Waals surface area contributed by atoms with Gasteiger partial charge in [-0.1, -0.05) is 12.1 Å². The van der Waals surface area contributed by atoms with Crippen LogP contribution in [0, 0.1) is 0 Å². The molecule has 24 heavy (non-hydrogen) atoms. The van der Waals surface area contributed by atoms with Crippen LogP contribution in [0.1, 0.15) is 16.8 Å². The first-order chi connectivity index (χ1) is 11.7. The van der Waals surface area contributed by atoms with Crippen molar-refractivity contribution < 1.29 is 23.8 Å². The third-order valence-corrected chi connectivity index (χ3v) is 4.18. The van der Waals surface area contributed by atoms with Gasteiger partial charge in [-0.3, -0.25) is 9.59 Å². The van der Waals surface area contributed by atoms with Gasteiger partial charge >= 0.3 is 0 Å². The molecule has 1 saturated heterocycles. The SMILES string of the molecule is COc1cc2c(OC[C@@H]3CC(OC)C(=O)N3)cccc2cc1C=O. The molecule has 1 unspecified atom stereocenters. The molecule has 0 aromatic heterocycles. The van der Waals surface area contributed by atoms with E-state index in [-0.39, 0.29) is 11.9 Å². The largest absolute Gasteiger partial charge is 0.496 e. The van der Waals surface area contributed by atoms with E-state index in [1.807, 2.05) is 18.2 Å². The molecule has 2 atom stereocenters. The van der Waals surface area contributed by atoms with Crippen LogP contribution in [0.2, 0.25) is 0 Å². The maximum Gasteiger partial charge on any atom is 0.249 e.